The summed E-state index contributed by atoms with van der Waals surface area (Å²) in [5.41, 5.74) is 1.63. The summed E-state index contributed by atoms with van der Waals surface area (Å²) in [7, 11) is 0. The fourth-order valence-electron chi connectivity index (χ4n) is 2.11. The second-order valence-corrected chi connectivity index (χ2v) is 5.91. The lowest BCUT2D eigenvalue weighted by Gasteiger charge is -2.47. The van der Waals surface area contributed by atoms with Gasteiger partial charge in [-0.3, -0.25) is 0 Å². The lowest BCUT2D eigenvalue weighted by atomic mass is 9.76. The smallest absolute Gasteiger partial charge is 0.174 e. The Morgan fingerprint density at radius 1 is 1.28 bits per heavy atom. The van der Waals surface area contributed by atoms with Gasteiger partial charge < -0.3 is 9.64 Å². The van der Waals surface area contributed by atoms with E-state index in [1.54, 1.807) is 0 Å². The first-order chi connectivity index (χ1) is 8.50. The number of hydrogen-bond donors (Lipinski definition) is 0. The van der Waals surface area contributed by atoms with Crippen LogP contribution in [0.5, 0.6) is 5.75 Å². The van der Waals surface area contributed by atoms with E-state index in [-0.39, 0.29) is 6.61 Å². The van der Waals surface area contributed by atoms with E-state index < -0.39 is 0 Å². The van der Waals surface area contributed by atoms with Gasteiger partial charge in [0.05, 0.1) is 0 Å². The van der Waals surface area contributed by atoms with Crippen LogP contribution in [-0.4, -0.2) is 19.7 Å². The molecule has 0 N–H and O–H groups in total. The Bertz CT molecular complexity index is 433. The third kappa shape index (κ3) is 2.76. The maximum atomic E-state index is 8.44. The molecule has 1 heterocycles. The molecule has 18 heavy (non-hydrogen) atoms. The van der Waals surface area contributed by atoms with E-state index in [9.17, 15) is 0 Å². The van der Waals surface area contributed by atoms with E-state index in [4.69, 9.17) is 10.00 Å². The van der Waals surface area contributed by atoms with Crippen LogP contribution in [0.4, 0.5) is 5.69 Å². The van der Waals surface area contributed by atoms with Crippen molar-refractivity contribution in [2.75, 3.05) is 24.6 Å². The van der Waals surface area contributed by atoms with Gasteiger partial charge in [0, 0.05) is 18.8 Å². The molecule has 0 saturated carbocycles. The SMILES string of the molecule is CC(C)(C)C1CN(c2ccc(OCC#N)cc2)C1. The lowest BCUT2D eigenvalue weighted by Crippen LogP contribution is -2.52. The molecule has 0 aromatic heterocycles. The Labute approximate surface area is 109 Å². The van der Waals surface area contributed by atoms with Crippen LogP contribution in [0.15, 0.2) is 24.3 Å². The summed E-state index contributed by atoms with van der Waals surface area (Å²) in [6.45, 7) is 9.26. The molecule has 1 aromatic carbocycles. The average molecular weight is 244 g/mol. The van der Waals surface area contributed by atoms with Gasteiger partial charge in [-0.25, -0.2) is 0 Å². The number of rotatable bonds is 3. The van der Waals surface area contributed by atoms with Crippen LogP contribution in [0.2, 0.25) is 0 Å². The Hall–Kier alpha value is -1.69. The third-order valence-corrected chi connectivity index (χ3v) is 3.61. The van der Waals surface area contributed by atoms with Crippen molar-refractivity contribution in [3.8, 4) is 11.8 Å². The number of benzene rings is 1. The molecule has 0 aliphatic carbocycles. The number of nitrogens with zero attached hydrogens (tertiary/aromatic N) is 2. The molecular formula is C15H20N2O. The van der Waals surface area contributed by atoms with Crippen molar-refractivity contribution in [1.82, 2.24) is 0 Å². The van der Waals surface area contributed by atoms with Gasteiger partial charge in [-0.05, 0) is 35.6 Å². The molecule has 0 amide bonds. The highest BCUT2D eigenvalue weighted by atomic mass is 16.5. The normalized spacial score (nSPS) is 16.0. The van der Waals surface area contributed by atoms with Crippen LogP contribution >= 0.6 is 0 Å². The van der Waals surface area contributed by atoms with Crippen molar-refractivity contribution < 1.29 is 4.74 Å². The van der Waals surface area contributed by atoms with E-state index in [0.717, 1.165) is 24.8 Å². The summed E-state index contributed by atoms with van der Waals surface area (Å²) < 4.78 is 5.24. The van der Waals surface area contributed by atoms with Crippen LogP contribution < -0.4 is 9.64 Å². The Morgan fingerprint density at radius 2 is 1.89 bits per heavy atom. The molecule has 2 rings (SSSR count). The van der Waals surface area contributed by atoms with Crippen LogP contribution in [0.3, 0.4) is 0 Å². The minimum Gasteiger partial charge on any atom is -0.479 e. The predicted molar refractivity (Wildman–Crippen MR) is 72.7 cm³/mol. The van der Waals surface area contributed by atoms with Crippen LogP contribution in [-0.2, 0) is 0 Å². The minimum absolute atomic E-state index is 0.106. The van der Waals surface area contributed by atoms with Gasteiger partial charge in [-0.2, -0.15) is 5.26 Å². The number of nitriles is 1. The second kappa shape index (κ2) is 4.89. The number of hydrogen-bond acceptors (Lipinski definition) is 3. The van der Waals surface area contributed by atoms with Crippen LogP contribution in [0.25, 0.3) is 0 Å². The van der Waals surface area contributed by atoms with Crippen molar-refractivity contribution in [3.63, 3.8) is 0 Å². The lowest BCUT2D eigenvalue weighted by molar-refractivity contribution is 0.195. The van der Waals surface area contributed by atoms with Gasteiger partial charge in [0.1, 0.15) is 11.8 Å². The monoisotopic (exact) mass is 244 g/mol. The zero-order valence-electron chi connectivity index (χ0n) is 11.3. The van der Waals surface area contributed by atoms with E-state index >= 15 is 0 Å². The van der Waals surface area contributed by atoms with Crippen LogP contribution in [0, 0.1) is 22.7 Å². The summed E-state index contributed by atoms with van der Waals surface area (Å²) in [5.74, 6) is 1.53. The molecule has 1 aliphatic heterocycles. The summed E-state index contributed by atoms with van der Waals surface area (Å²) in [5, 5.41) is 8.44. The first-order valence-corrected chi connectivity index (χ1v) is 6.35. The average Bonchev–Trinajstić information content (AvgIpc) is 2.24. The van der Waals surface area contributed by atoms with Gasteiger partial charge in [0.15, 0.2) is 6.61 Å². The largest absolute Gasteiger partial charge is 0.479 e. The van der Waals surface area contributed by atoms with Crippen molar-refractivity contribution >= 4 is 5.69 Å². The number of anilines is 1. The fraction of sp³-hybridized carbons (Fsp3) is 0.533. The fourth-order valence-corrected chi connectivity index (χ4v) is 2.11. The Balaban J connectivity index is 1.91. The van der Waals surface area contributed by atoms with Gasteiger partial charge in [0.2, 0.25) is 0 Å². The molecule has 3 nitrogen and oxygen atoms in total. The van der Waals surface area contributed by atoms with E-state index in [0.29, 0.717) is 5.41 Å². The molecule has 0 atom stereocenters. The molecular weight excluding hydrogens is 224 g/mol. The molecule has 0 bridgehead atoms. The van der Waals surface area contributed by atoms with Crippen molar-refractivity contribution in [3.05, 3.63) is 24.3 Å². The topological polar surface area (TPSA) is 36.3 Å². The van der Waals surface area contributed by atoms with Gasteiger partial charge in [-0.1, -0.05) is 20.8 Å². The molecule has 3 heteroatoms. The molecule has 0 unspecified atom stereocenters. The summed E-state index contributed by atoms with van der Waals surface area (Å²) >= 11 is 0. The highest BCUT2D eigenvalue weighted by molar-refractivity contribution is 5.51. The zero-order chi connectivity index (χ0) is 13.2. The van der Waals surface area contributed by atoms with Gasteiger partial charge >= 0.3 is 0 Å². The molecule has 96 valence electrons. The van der Waals surface area contributed by atoms with E-state index in [2.05, 4.69) is 37.8 Å². The van der Waals surface area contributed by atoms with Crippen molar-refractivity contribution in [2.24, 2.45) is 11.3 Å². The standard InChI is InChI=1S/C15H20N2O/c1-15(2,3)12-10-17(11-12)13-4-6-14(7-5-13)18-9-8-16/h4-7,12H,9-11H2,1-3H3. The predicted octanol–water partition coefficient (Wildman–Crippen LogP) is 3.07. The summed E-state index contributed by atoms with van der Waals surface area (Å²) in [6, 6.07) is 9.94. The van der Waals surface area contributed by atoms with Crippen molar-refractivity contribution in [2.45, 2.75) is 20.8 Å². The maximum Gasteiger partial charge on any atom is 0.174 e. The first kappa shape index (κ1) is 12.8. The second-order valence-electron chi connectivity index (χ2n) is 5.91. The van der Waals surface area contributed by atoms with Gasteiger partial charge in [-0.15, -0.1) is 0 Å². The zero-order valence-corrected chi connectivity index (χ0v) is 11.3. The summed E-state index contributed by atoms with van der Waals surface area (Å²) in [6.07, 6.45) is 0. The molecule has 1 saturated heterocycles. The highest BCUT2D eigenvalue weighted by Crippen LogP contribution is 2.36. The third-order valence-electron chi connectivity index (χ3n) is 3.61. The maximum absolute atomic E-state index is 8.44. The Kier molecular flexibility index (Phi) is 3.47. The molecule has 1 aromatic rings. The summed E-state index contributed by atoms with van der Waals surface area (Å²) in [4.78, 5) is 2.38. The van der Waals surface area contributed by atoms with E-state index in [1.807, 2.05) is 18.2 Å². The van der Waals surface area contributed by atoms with Crippen molar-refractivity contribution in [1.29, 1.82) is 5.26 Å². The molecule has 1 fully saturated rings. The van der Waals surface area contributed by atoms with Gasteiger partial charge in [0.25, 0.3) is 0 Å². The number of ether oxygens (including phenoxy) is 1. The Morgan fingerprint density at radius 3 is 2.39 bits per heavy atom. The minimum atomic E-state index is 0.106. The quantitative estimate of drug-likeness (QED) is 0.819. The highest BCUT2D eigenvalue weighted by Gasteiger charge is 2.35. The first-order valence-electron chi connectivity index (χ1n) is 6.35. The van der Waals surface area contributed by atoms with E-state index in [1.165, 1.54) is 5.69 Å². The molecule has 0 radical (unpaired) electrons. The molecule has 0 spiro atoms. The van der Waals surface area contributed by atoms with Crippen LogP contribution in [0.1, 0.15) is 20.8 Å². The molecule has 1 aliphatic rings.